The van der Waals surface area contributed by atoms with Crippen molar-refractivity contribution in [2.24, 2.45) is 0 Å². The average molecular weight is 563 g/mol. The van der Waals surface area contributed by atoms with Gasteiger partial charge in [0.15, 0.2) is 5.78 Å². The highest BCUT2D eigenvalue weighted by atomic mass is 35.5. The van der Waals surface area contributed by atoms with E-state index in [-0.39, 0.29) is 50.2 Å². The molecule has 1 unspecified atom stereocenters. The largest absolute Gasteiger partial charge is 0.492 e. The second kappa shape index (κ2) is 11.0. The van der Waals surface area contributed by atoms with Crippen molar-refractivity contribution >= 4 is 52.2 Å². The minimum atomic E-state index is -4.57. The highest BCUT2D eigenvalue weighted by Crippen LogP contribution is 2.37. The smallest absolute Gasteiger partial charge is 0.416 e. The number of nitriles is 1. The molecule has 0 saturated carbocycles. The minimum absolute atomic E-state index is 0.0587. The van der Waals surface area contributed by atoms with E-state index in [0.29, 0.717) is 6.07 Å². The Hall–Kier alpha value is -2.63. The monoisotopic (exact) mass is 561 g/mol. The van der Waals surface area contributed by atoms with E-state index in [1.165, 1.54) is 30.3 Å². The zero-order valence-electron chi connectivity index (χ0n) is 17.5. The van der Waals surface area contributed by atoms with Gasteiger partial charge in [-0.25, -0.2) is 0 Å². The summed E-state index contributed by atoms with van der Waals surface area (Å²) < 4.78 is 49.8. The fourth-order valence-electron chi connectivity index (χ4n) is 3.06. The fourth-order valence-corrected chi connectivity index (χ4v) is 3.77. The van der Waals surface area contributed by atoms with Gasteiger partial charge >= 0.3 is 6.18 Å². The second-order valence-corrected chi connectivity index (χ2v) is 8.75. The van der Waals surface area contributed by atoms with Crippen LogP contribution in [-0.4, -0.2) is 12.4 Å². The molecule has 3 aromatic rings. The predicted octanol–water partition coefficient (Wildman–Crippen LogP) is 8.16. The Morgan fingerprint density at radius 2 is 1.49 bits per heavy atom. The SMILES string of the molecule is N#CC(Oc1ccccc1Cl)(C(=O)CCOc1ccc(C(F)(F)F)cc1Cl)c1ccc(Cl)c(Cl)c1. The van der Waals surface area contributed by atoms with Gasteiger partial charge in [0.25, 0.3) is 5.60 Å². The van der Waals surface area contributed by atoms with E-state index in [0.717, 1.165) is 12.1 Å². The van der Waals surface area contributed by atoms with Gasteiger partial charge in [-0.3, -0.25) is 4.79 Å². The average Bonchev–Trinajstić information content (AvgIpc) is 2.81. The van der Waals surface area contributed by atoms with Crippen LogP contribution in [0.25, 0.3) is 0 Å². The molecule has 11 heteroatoms. The van der Waals surface area contributed by atoms with Gasteiger partial charge in [-0.15, -0.1) is 0 Å². The molecule has 0 fully saturated rings. The highest BCUT2D eigenvalue weighted by molar-refractivity contribution is 6.42. The van der Waals surface area contributed by atoms with Crippen LogP contribution in [0.3, 0.4) is 0 Å². The number of para-hydroxylation sites is 1. The maximum Gasteiger partial charge on any atom is 0.416 e. The maximum absolute atomic E-state index is 13.3. The van der Waals surface area contributed by atoms with Crippen LogP contribution < -0.4 is 9.47 Å². The Morgan fingerprint density at radius 3 is 2.09 bits per heavy atom. The van der Waals surface area contributed by atoms with Crippen LogP contribution in [0.1, 0.15) is 17.5 Å². The maximum atomic E-state index is 13.3. The molecule has 1 atom stereocenters. The number of Topliss-reactive ketones (excluding diaryl/α,β-unsaturated/α-hetero) is 1. The van der Waals surface area contributed by atoms with Gasteiger partial charge in [0.05, 0.1) is 32.3 Å². The van der Waals surface area contributed by atoms with E-state index in [4.69, 9.17) is 55.9 Å². The Balaban J connectivity index is 1.88. The summed E-state index contributed by atoms with van der Waals surface area (Å²) in [4.78, 5) is 13.3. The zero-order valence-corrected chi connectivity index (χ0v) is 20.5. The Bertz CT molecular complexity index is 1290. The zero-order chi connectivity index (χ0) is 25.8. The molecule has 0 aliphatic carbocycles. The summed E-state index contributed by atoms with van der Waals surface area (Å²) in [5.74, 6) is -0.709. The van der Waals surface area contributed by atoms with Crippen molar-refractivity contribution in [3.05, 3.63) is 91.9 Å². The first-order valence-corrected chi connectivity index (χ1v) is 11.3. The van der Waals surface area contributed by atoms with E-state index in [9.17, 15) is 23.2 Å². The predicted molar refractivity (Wildman–Crippen MR) is 127 cm³/mol. The normalized spacial score (nSPS) is 13.0. The van der Waals surface area contributed by atoms with Gasteiger partial charge in [-0.2, -0.15) is 18.4 Å². The summed E-state index contributed by atoms with van der Waals surface area (Å²) in [6, 6.07) is 14.9. The van der Waals surface area contributed by atoms with Crippen LogP contribution in [-0.2, 0) is 16.6 Å². The van der Waals surface area contributed by atoms with Gasteiger partial charge in [-0.1, -0.05) is 64.6 Å². The number of halogens is 7. The molecule has 0 aromatic heterocycles. The molecule has 0 bridgehead atoms. The van der Waals surface area contributed by atoms with Crippen molar-refractivity contribution in [1.29, 1.82) is 5.26 Å². The second-order valence-electron chi connectivity index (χ2n) is 7.12. The van der Waals surface area contributed by atoms with E-state index >= 15 is 0 Å². The molecule has 0 saturated heterocycles. The summed E-state index contributed by atoms with van der Waals surface area (Å²) in [6.07, 6.45) is -4.93. The lowest BCUT2D eigenvalue weighted by molar-refractivity contribution is -0.137. The van der Waals surface area contributed by atoms with E-state index in [2.05, 4.69) is 0 Å². The van der Waals surface area contributed by atoms with Crippen molar-refractivity contribution in [1.82, 2.24) is 0 Å². The van der Waals surface area contributed by atoms with Crippen molar-refractivity contribution in [3.63, 3.8) is 0 Å². The van der Waals surface area contributed by atoms with Crippen molar-refractivity contribution in [3.8, 4) is 17.6 Å². The molecule has 0 N–H and O–H groups in total. The molecule has 182 valence electrons. The van der Waals surface area contributed by atoms with Crippen LogP contribution in [0.4, 0.5) is 13.2 Å². The molecule has 0 radical (unpaired) electrons. The van der Waals surface area contributed by atoms with Crippen molar-refractivity contribution < 1.29 is 27.4 Å². The number of hydrogen-bond donors (Lipinski definition) is 0. The highest BCUT2D eigenvalue weighted by Gasteiger charge is 2.43. The number of alkyl halides is 3. The van der Waals surface area contributed by atoms with Crippen molar-refractivity contribution in [2.75, 3.05) is 6.61 Å². The molecular formula is C24H14Cl4F3NO3. The number of rotatable bonds is 8. The molecule has 0 aliphatic rings. The lowest BCUT2D eigenvalue weighted by atomic mass is 9.88. The minimum Gasteiger partial charge on any atom is -0.492 e. The lowest BCUT2D eigenvalue weighted by Gasteiger charge is -2.28. The number of ether oxygens (including phenoxy) is 2. The number of hydrogen-bond acceptors (Lipinski definition) is 4. The van der Waals surface area contributed by atoms with Crippen LogP contribution >= 0.6 is 46.4 Å². The Morgan fingerprint density at radius 1 is 0.829 bits per heavy atom. The van der Waals surface area contributed by atoms with Gasteiger partial charge in [0, 0.05) is 12.0 Å². The van der Waals surface area contributed by atoms with Crippen molar-refractivity contribution in [2.45, 2.75) is 18.2 Å². The third-order valence-electron chi connectivity index (χ3n) is 4.82. The first-order valence-electron chi connectivity index (χ1n) is 9.81. The van der Waals surface area contributed by atoms with Crippen LogP contribution in [0.2, 0.25) is 20.1 Å². The Labute approximate surface area is 218 Å². The van der Waals surface area contributed by atoms with Crippen LogP contribution in [0.5, 0.6) is 11.5 Å². The first kappa shape index (κ1) is 27.0. The molecule has 0 aliphatic heterocycles. The Kier molecular flexibility index (Phi) is 8.45. The standard InChI is InChI=1S/C24H14Cl4F3NO3/c25-16-7-5-14(11-18(16)27)23(13-32,35-21-4-2-1-3-17(21)26)22(33)9-10-34-20-8-6-15(12-19(20)28)24(29,30)31/h1-8,11-12H,9-10H2. The summed E-state index contributed by atoms with van der Waals surface area (Å²) in [5, 5.41) is 10.3. The van der Waals surface area contributed by atoms with Gasteiger partial charge < -0.3 is 9.47 Å². The third kappa shape index (κ3) is 6.14. The molecule has 0 heterocycles. The molecule has 3 rings (SSSR count). The van der Waals surface area contributed by atoms with E-state index < -0.39 is 23.1 Å². The third-order valence-corrected chi connectivity index (χ3v) is 6.17. The number of carbonyl (C=O) groups is 1. The van der Waals surface area contributed by atoms with E-state index in [1.54, 1.807) is 12.1 Å². The summed E-state index contributed by atoms with van der Waals surface area (Å²) in [5.41, 5.74) is -3.01. The number of ketones is 1. The number of nitrogens with zero attached hydrogens (tertiary/aromatic N) is 1. The molecule has 35 heavy (non-hydrogen) atoms. The fraction of sp³-hybridized carbons (Fsp3) is 0.167. The summed E-state index contributed by atoms with van der Waals surface area (Å²) >= 11 is 24.2. The topological polar surface area (TPSA) is 59.3 Å². The molecule has 4 nitrogen and oxygen atoms in total. The number of benzene rings is 3. The molecule has 0 spiro atoms. The first-order chi connectivity index (χ1) is 16.5. The van der Waals surface area contributed by atoms with E-state index in [1.807, 2.05) is 6.07 Å². The summed E-state index contributed by atoms with van der Waals surface area (Å²) in [6.45, 7) is -0.305. The summed E-state index contributed by atoms with van der Waals surface area (Å²) in [7, 11) is 0. The molecule has 0 amide bonds. The lowest BCUT2D eigenvalue weighted by Crippen LogP contribution is -2.41. The number of carbonyl (C=O) groups excluding carboxylic acids is 1. The quantitative estimate of drug-likeness (QED) is 0.278. The van der Waals surface area contributed by atoms with Crippen LogP contribution in [0, 0.1) is 11.3 Å². The van der Waals surface area contributed by atoms with Gasteiger partial charge in [0.1, 0.15) is 17.6 Å². The molecule has 3 aromatic carbocycles. The van der Waals surface area contributed by atoms with Gasteiger partial charge in [-0.05, 0) is 42.5 Å². The molecular weight excluding hydrogens is 549 g/mol. The van der Waals surface area contributed by atoms with Gasteiger partial charge in [0.2, 0.25) is 0 Å². The van der Waals surface area contributed by atoms with Crippen LogP contribution in [0.15, 0.2) is 60.7 Å².